The second-order valence-corrected chi connectivity index (χ2v) is 14.1. The quantitative estimate of drug-likeness (QED) is 0.0821. The van der Waals surface area contributed by atoms with Gasteiger partial charge in [0, 0.05) is 83.7 Å². The molecule has 0 spiro atoms. The van der Waals surface area contributed by atoms with E-state index < -0.39 is 0 Å². The Kier molecular flexibility index (Phi) is 11.8. The molecule has 7 rings (SSSR count). The molecule has 274 valence electrons. The van der Waals surface area contributed by atoms with E-state index in [0.29, 0.717) is 54.0 Å². The number of hydrogen-bond donors (Lipinski definition) is 4. The molecule has 0 bridgehead atoms. The Balaban J connectivity index is 1.11. The van der Waals surface area contributed by atoms with Gasteiger partial charge in [-0.15, -0.1) is 0 Å². The first-order valence-electron chi connectivity index (χ1n) is 17.8. The first-order chi connectivity index (χ1) is 26.4. The van der Waals surface area contributed by atoms with Crippen molar-refractivity contribution in [3.8, 4) is 34.1 Å². The molecular weight excluding hydrogens is 721 g/mol. The van der Waals surface area contributed by atoms with Crippen molar-refractivity contribution >= 4 is 40.0 Å². The Morgan fingerprint density at radius 2 is 1.74 bits per heavy atom. The van der Waals surface area contributed by atoms with E-state index in [4.69, 9.17) is 33.0 Å². The van der Waals surface area contributed by atoms with Gasteiger partial charge in [-0.2, -0.15) is 10.4 Å². The van der Waals surface area contributed by atoms with Gasteiger partial charge in [0.25, 0.3) is 0 Å². The van der Waals surface area contributed by atoms with Gasteiger partial charge >= 0.3 is 0 Å². The maximum absolute atomic E-state index is 11.5. The zero-order valence-electron chi connectivity index (χ0n) is 29.5. The number of hydrogen-bond acceptors (Lipinski definition) is 8. The fraction of sp³-hybridized carbons (Fsp3) is 0.238. The van der Waals surface area contributed by atoms with Crippen LogP contribution in [0.1, 0.15) is 40.7 Å². The van der Waals surface area contributed by atoms with Crippen molar-refractivity contribution in [2.75, 3.05) is 19.7 Å². The minimum atomic E-state index is 0.00827. The van der Waals surface area contributed by atoms with Crippen LogP contribution in [0.5, 0.6) is 5.75 Å². The van der Waals surface area contributed by atoms with Gasteiger partial charge in [-0.25, -0.2) is 0 Å². The maximum Gasteiger partial charge on any atom is 0.220 e. The van der Waals surface area contributed by atoms with Crippen LogP contribution in [0, 0.1) is 11.3 Å². The highest BCUT2D eigenvalue weighted by Crippen LogP contribution is 2.39. The Morgan fingerprint density at radius 3 is 2.54 bits per heavy atom. The van der Waals surface area contributed by atoms with Gasteiger partial charge in [0.15, 0.2) is 0 Å². The third-order valence-electron chi connectivity index (χ3n) is 9.52. The zero-order valence-corrected chi connectivity index (χ0v) is 31.0. The van der Waals surface area contributed by atoms with Crippen LogP contribution in [-0.2, 0) is 31.0 Å². The van der Waals surface area contributed by atoms with Crippen molar-refractivity contribution in [1.82, 2.24) is 30.7 Å². The number of carbonyl (C=O) groups excluding carboxylic acids is 1. The third-order valence-corrected chi connectivity index (χ3v) is 10.3. The topological polar surface area (TPSA) is 137 Å². The maximum atomic E-state index is 11.5. The van der Waals surface area contributed by atoms with Crippen molar-refractivity contribution < 1.29 is 14.6 Å². The van der Waals surface area contributed by atoms with Gasteiger partial charge in [0.2, 0.25) is 5.91 Å². The number of aliphatic hydroxyl groups is 1. The fourth-order valence-corrected chi connectivity index (χ4v) is 7.32. The van der Waals surface area contributed by atoms with Gasteiger partial charge < -0.3 is 25.8 Å². The highest BCUT2D eigenvalue weighted by Gasteiger charge is 2.20. The molecule has 1 aliphatic heterocycles. The zero-order chi connectivity index (χ0) is 37.4. The molecule has 1 atom stereocenters. The number of nitriles is 1. The van der Waals surface area contributed by atoms with Gasteiger partial charge in [0.05, 0.1) is 35.5 Å². The molecule has 1 aliphatic rings. The summed E-state index contributed by atoms with van der Waals surface area (Å²) in [6, 6.07) is 28.4. The third kappa shape index (κ3) is 8.57. The molecule has 1 saturated heterocycles. The van der Waals surface area contributed by atoms with Gasteiger partial charge in [-0.05, 0) is 52.9 Å². The lowest BCUT2D eigenvalue weighted by Gasteiger charge is -2.16. The van der Waals surface area contributed by atoms with E-state index >= 15 is 0 Å². The van der Waals surface area contributed by atoms with Crippen LogP contribution in [0.15, 0.2) is 97.5 Å². The van der Waals surface area contributed by atoms with Crippen molar-refractivity contribution in [2.45, 2.75) is 45.1 Å². The molecule has 10 nitrogen and oxygen atoms in total. The molecule has 4 N–H and O–H groups in total. The molecule has 3 heterocycles. The number of halogens is 2. The Hall–Kier alpha value is -5.28. The number of amides is 1. The lowest BCUT2D eigenvalue weighted by atomic mass is 9.96. The predicted octanol–water partition coefficient (Wildman–Crippen LogP) is 7.02. The van der Waals surface area contributed by atoms with Crippen LogP contribution in [0.2, 0.25) is 10.0 Å². The number of aliphatic hydroxyl groups excluding tert-OH is 1. The Labute approximate surface area is 323 Å². The standard InChI is InChI=1S/C42H39Cl2N7O3/c43-38-16-31(22-46-13-14-52)40(54-26-29-15-28(18-45)20-47-21-29)17-32(38)25-51-39-6-2-4-35(37(39)24-49-51)36-5-1-3-34(42(36)44)30-9-7-27(8-10-30)19-48-23-33-11-12-41(53)50-33/h1-10,15-17,20-21,24,33,46,48,52H,11-14,19,22-23,25-26H2,(H,50,53)/t33-/m0/s1. The van der Waals surface area contributed by atoms with E-state index in [1.54, 1.807) is 12.3 Å². The minimum absolute atomic E-state index is 0.00827. The monoisotopic (exact) mass is 759 g/mol. The first-order valence-corrected chi connectivity index (χ1v) is 18.6. The number of aromatic nitrogens is 3. The number of benzene rings is 4. The van der Waals surface area contributed by atoms with Crippen LogP contribution in [0.3, 0.4) is 0 Å². The number of carbonyl (C=O) groups is 1. The first kappa shape index (κ1) is 37.1. The molecule has 1 amide bonds. The molecule has 4 aromatic carbocycles. The number of rotatable bonds is 15. The summed E-state index contributed by atoms with van der Waals surface area (Å²) in [6.07, 6.45) is 6.53. The van der Waals surface area contributed by atoms with E-state index in [9.17, 15) is 15.2 Å². The van der Waals surface area contributed by atoms with E-state index in [1.165, 1.54) is 6.20 Å². The molecule has 2 aromatic heterocycles. The molecular formula is C42H39Cl2N7O3. The molecule has 54 heavy (non-hydrogen) atoms. The largest absolute Gasteiger partial charge is 0.489 e. The smallest absolute Gasteiger partial charge is 0.220 e. The summed E-state index contributed by atoms with van der Waals surface area (Å²) in [7, 11) is 0. The number of ether oxygens (including phenoxy) is 1. The lowest BCUT2D eigenvalue weighted by molar-refractivity contribution is -0.119. The second kappa shape index (κ2) is 17.2. The van der Waals surface area contributed by atoms with E-state index in [0.717, 1.165) is 68.4 Å². The average Bonchev–Trinajstić information content (AvgIpc) is 3.81. The molecule has 6 aromatic rings. The molecule has 0 saturated carbocycles. The Morgan fingerprint density at radius 1 is 0.926 bits per heavy atom. The summed E-state index contributed by atoms with van der Waals surface area (Å²) in [4.78, 5) is 15.6. The summed E-state index contributed by atoms with van der Waals surface area (Å²) >= 11 is 14.0. The molecule has 12 heteroatoms. The summed E-state index contributed by atoms with van der Waals surface area (Å²) < 4.78 is 8.18. The van der Waals surface area contributed by atoms with Crippen LogP contribution < -0.4 is 20.7 Å². The van der Waals surface area contributed by atoms with E-state index in [2.05, 4.69) is 57.3 Å². The molecule has 0 radical (unpaired) electrons. The van der Waals surface area contributed by atoms with Gasteiger partial charge in [0.1, 0.15) is 18.4 Å². The minimum Gasteiger partial charge on any atom is -0.489 e. The molecule has 0 unspecified atom stereocenters. The normalized spacial score (nSPS) is 14.0. The fourth-order valence-electron chi connectivity index (χ4n) is 6.73. The summed E-state index contributed by atoms with van der Waals surface area (Å²) in [5, 5.41) is 35.2. The van der Waals surface area contributed by atoms with Crippen LogP contribution in [0.4, 0.5) is 0 Å². The van der Waals surface area contributed by atoms with Crippen molar-refractivity contribution in [2.24, 2.45) is 0 Å². The van der Waals surface area contributed by atoms with Crippen molar-refractivity contribution in [1.29, 1.82) is 5.26 Å². The van der Waals surface area contributed by atoms with Crippen molar-refractivity contribution in [3.63, 3.8) is 0 Å². The molecule has 0 aliphatic carbocycles. The van der Waals surface area contributed by atoms with Crippen molar-refractivity contribution in [3.05, 3.63) is 135 Å². The van der Waals surface area contributed by atoms with Crippen LogP contribution in [0.25, 0.3) is 33.2 Å². The second-order valence-electron chi connectivity index (χ2n) is 13.3. The van der Waals surface area contributed by atoms with Gasteiger partial charge in [-0.1, -0.05) is 77.8 Å². The number of fused-ring (bicyclic) bond motifs is 1. The van der Waals surface area contributed by atoms with E-state index in [-0.39, 0.29) is 25.2 Å². The van der Waals surface area contributed by atoms with Crippen LogP contribution in [-0.4, -0.2) is 51.5 Å². The summed E-state index contributed by atoms with van der Waals surface area (Å²) in [5.41, 5.74) is 8.81. The predicted molar refractivity (Wildman–Crippen MR) is 211 cm³/mol. The number of nitrogens with zero attached hydrogens (tertiary/aromatic N) is 4. The number of pyridine rings is 1. The summed E-state index contributed by atoms with van der Waals surface area (Å²) in [6.45, 7) is 2.96. The van der Waals surface area contributed by atoms with E-state index in [1.807, 2.05) is 53.3 Å². The highest BCUT2D eigenvalue weighted by atomic mass is 35.5. The lowest BCUT2D eigenvalue weighted by Crippen LogP contribution is -2.35. The SMILES string of the molecule is N#Cc1cncc(COc2cc(Cn3ncc4c(-c5cccc(-c6ccc(CNC[C@@H]7CCC(=O)N7)cc6)c5Cl)cccc43)c(Cl)cc2CNCCO)c1. The molecule has 1 fully saturated rings. The Bertz CT molecular complexity index is 2320. The van der Waals surface area contributed by atoms with Crippen LogP contribution >= 0.6 is 23.2 Å². The number of nitrogens with one attached hydrogen (secondary N) is 3. The van der Waals surface area contributed by atoms with Gasteiger partial charge in [-0.3, -0.25) is 14.5 Å². The average molecular weight is 761 g/mol. The summed E-state index contributed by atoms with van der Waals surface area (Å²) in [5.74, 6) is 0.758. The highest BCUT2D eigenvalue weighted by molar-refractivity contribution is 6.36.